The molecule has 25 heavy (non-hydrogen) atoms. The van der Waals surface area contributed by atoms with E-state index in [-0.39, 0.29) is 24.8 Å². The molecular formula is C19H21NO4S. The number of thiophene rings is 1. The number of ether oxygens (including phenoxy) is 1. The zero-order chi connectivity index (χ0) is 18.1. The monoisotopic (exact) mass is 359 g/mol. The summed E-state index contributed by atoms with van der Waals surface area (Å²) in [5, 5.41) is 4.24. The molecule has 0 spiro atoms. The van der Waals surface area contributed by atoms with Gasteiger partial charge in [-0.15, -0.1) is 11.3 Å². The van der Waals surface area contributed by atoms with Crippen LogP contribution in [-0.4, -0.2) is 30.8 Å². The first kappa shape index (κ1) is 18.9. The molecule has 0 unspecified atom stereocenters. The molecule has 0 bridgehead atoms. The SMILES string of the molecule is CCCCc1ccc(C(=O)COC(=O)CNC(=O)c2cccs2)cc1. The van der Waals surface area contributed by atoms with Crippen molar-refractivity contribution in [2.75, 3.05) is 13.2 Å². The Morgan fingerprint density at radius 2 is 1.88 bits per heavy atom. The van der Waals surface area contributed by atoms with Crippen molar-refractivity contribution in [1.29, 1.82) is 0 Å². The normalized spacial score (nSPS) is 10.3. The standard InChI is InChI=1S/C19H21NO4S/c1-2-3-5-14-7-9-15(10-8-14)16(21)13-24-18(22)12-20-19(23)17-6-4-11-25-17/h4,6-11H,2-3,5,12-13H2,1H3,(H,20,23). The fourth-order valence-corrected chi connectivity index (χ4v) is 2.81. The summed E-state index contributed by atoms with van der Waals surface area (Å²) in [6.45, 7) is 1.54. The summed E-state index contributed by atoms with van der Waals surface area (Å²) < 4.78 is 4.92. The first-order chi connectivity index (χ1) is 12.1. The molecule has 0 saturated heterocycles. The van der Waals surface area contributed by atoms with E-state index < -0.39 is 5.97 Å². The van der Waals surface area contributed by atoms with Crippen molar-refractivity contribution in [3.63, 3.8) is 0 Å². The van der Waals surface area contributed by atoms with E-state index in [1.165, 1.54) is 16.9 Å². The summed E-state index contributed by atoms with van der Waals surface area (Å²) in [6.07, 6.45) is 3.23. The molecule has 6 heteroatoms. The Bertz CT molecular complexity index is 708. The molecule has 5 nitrogen and oxygen atoms in total. The number of rotatable bonds is 9. The topological polar surface area (TPSA) is 72.5 Å². The van der Waals surface area contributed by atoms with Gasteiger partial charge in [-0.3, -0.25) is 14.4 Å². The Balaban J connectivity index is 1.73. The molecule has 132 valence electrons. The number of hydrogen-bond acceptors (Lipinski definition) is 5. The van der Waals surface area contributed by atoms with Gasteiger partial charge in [-0.1, -0.05) is 43.7 Å². The Hall–Kier alpha value is -2.47. The number of carbonyl (C=O) groups excluding carboxylic acids is 3. The van der Waals surface area contributed by atoms with Crippen molar-refractivity contribution in [2.24, 2.45) is 0 Å². The molecule has 0 aliphatic rings. The fraction of sp³-hybridized carbons (Fsp3) is 0.316. The van der Waals surface area contributed by atoms with E-state index >= 15 is 0 Å². The van der Waals surface area contributed by atoms with Crippen LogP contribution in [-0.2, 0) is 16.0 Å². The van der Waals surface area contributed by atoms with E-state index in [1.807, 2.05) is 12.1 Å². The molecule has 0 aliphatic carbocycles. The van der Waals surface area contributed by atoms with Gasteiger partial charge in [0.05, 0.1) is 4.88 Å². The largest absolute Gasteiger partial charge is 0.456 e. The van der Waals surface area contributed by atoms with Crippen LogP contribution < -0.4 is 5.32 Å². The van der Waals surface area contributed by atoms with Gasteiger partial charge in [-0.25, -0.2) is 0 Å². The second-order valence-corrected chi connectivity index (χ2v) is 6.49. The predicted octanol–water partition coefficient (Wildman–Crippen LogP) is 3.25. The molecule has 0 atom stereocenters. The van der Waals surface area contributed by atoms with E-state index in [2.05, 4.69) is 12.2 Å². The number of aryl methyl sites for hydroxylation is 1. The molecule has 1 aromatic carbocycles. The van der Waals surface area contributed by atoms with Crippen molar-refractivity contribution >= 4 is 29.0 Å². The highest BCUT2D eigenvalue weighted by molar-refractivity contribution is 7.12. The summed E-state index contributed by atoms with van der Waals surface area (Å²) in [6, 6.07) is 10.8. The van der Waals surface area contributed by atoms with E-state index in [0.717, 1.165) is 19.3 Å². The smallest absolute Gasteiger partial charge is 0.325 e. The predicted molar refractivity (Wildman–Crippen MR) is 97.0 cm³/mol. The quantitative estimate of drug-likeness (QED) is 0.551. The molecule has 2 rings (SSSR count). The van der Waals surface area contributed by atoms with Crippen LogP contribution in [0.3, 0.4) is 0 Å². The minimum Gasteiger partial charge on any atom is -0.456 e. The molecule has 1 aromatic heterocycles. The van der Waals surface area contributed by atoms with Crippen molar-refractivity contribution in [1.82, 2.24) is 5.32 Å². The van der Waals surface area contributed by atoms with E-state index in [9.17, 15) is 14.4 Å². The Kier molecular flexibility index (Phi) is 7.35. The molecule has 2 aromatic rings. The summed E-state index contributed by atoms with van der Waals surface area (Å²) in [5.41, 5.74) is 1.70. The van der Waals surface area contributed by atoms with Gasteiger partial charge in [-0.2, -0.15) is 0 Å². The highest BCUT2D eigenvalue weighted by Gasteiger charge is 2.12. The van der Waals surface area contributed by atoms with Crippen LogP contribution in [0.4, 0.5) is 0 Å². The van der Waals surface area contributed by atoms with Gasteiger partial charge >= 0.3 is 5.97 Å². The van der Waals surface area contributed by atoms with Crippen LogP contribution in [0.5, 0.6) is 0 Å². The van der Waals surface area contributed by atoms with Gasteiger partial charge in [0.1, 0.15) is 6.54 Å². The first-order valence-electron chi connectivity index (χ1n) is 8.19. The van der Waals surface area contributed by atoms with Crippen LogP contribution in [0.1, 0.15) is 45.4 Å². The zero-order valence-corrected chi connectivity index (χ0v) is 14.9. The minimum atomic E-state index is -0.641. The molecular weight excluding hydrogens is 338 g/mol. The van der Waals surface area contributed by atoms with E-state index in [1.54, 1.807) is 29.6 Å². The Morgan fingerprint density at radius 3 is 2.52 bits per heavy atom. The van der Waals surface area contributed by atoms with Gasteiger partial charge in [0, 0.05) is 5.56 Å². The van der Waals surface area contributed by atoms with Gasteiger partial charge in [0.15, 0.2) is 12.4 Å². The molecule has 0 saturated carbocycles. The van der Waals surface area contributed by atoms with Crippen LogP contribution in [0.2, 0.25) is 0 Å². The number of unbranched alkanes of at least 4 members (excludes halogenated alkanes) is 1. The van der Waals surface area contributed by atoms with Crippen molar-refractivity contribution in [2.45, 2.75) is 26.2 Å². The number of esters is 1. The lowest BCUT2D eigenvalue weighted by atomic mass is 10.0. The summed E-state index contributed by atoms with van der Waals surface area (Å²) >= 11 is 1.29. The summed E-state index contributed by atoms with van der Waals surface area (Å²) in [5.74, 6) is -1.24. The number of amides is 1. The van der Waals surface area contributed by atoms with Crippen LogP contribution in [0.25, 0.3) is 0 Å². The average molecular weight is 359 g/mol. The lowest BCUT2D eigenvalue weighted by Crippen LogP contribution is -2.31. The molecule has 0 aliphatic heterocycles. The van der Waals surface area contributed by atoms with Gasteiger partial charge in [0.2, 0.25) is 0 Å². The first-order valence-corrected chi connectivity index (χ1v) is 9.07. The fourth-order valence-electron chi connectivity index (χ4n) is 2.17. The van der Waals surface area contributed by atoms with Crippen molar-refractivity contribution in [3.05, 3.63) is 57.8 Å². The zero-order valence-electron chi connectivity index (χ0n) is 14.1. The maximum Gasteiger partial charge on any atom is 0.325 e. The maximum atomic E-state index is 12.0. The summed E-state index contributed by atoms with van der Waals surface area (Å²) in [7, 11) is 0. The van der Waals surface area contributed by atoms with Crippen molar-refractivity contribution in [3.8, 4) is 0 Å². The third-order valence-corrected chi connectivity index (χ3v) is 4.47. The molecule has 0 fully saturated rings. The molecule has 0 radical (unpaired) electrons. The molecule has 1 N–H and O–H groups in total. The number of carbonyl (C=O) groups is 3. The third-order valence-electron chi connectivity index (χ3n) is 3.60. The highest BCUT2D eigenvalue weighted by Crippen LogP contribution is 2.09. The Morgan fingerprint density at radius 1 is 1.12 bits per heavy atom. The van der Waals surface area contributed by atoms with Gasteiger partial charge < -0.3 is 10.1 Å². The second kappa shape index (κ2) is 9.74. The van der Waals surface area contributed by atoms with Gasteiger partial charge in [-0.05, 0) is 29.9 Å². The maximum absolute atomic E-state index is 12.0. The second-order valence-electron chi connectivity index (χ2n) is 5.54. The number of Topliss-reactive ketones (excluding diaryl/α,β-unsaturated/α-hetero) is 1. The Labute approximate surface area is 151 Å². The molecule has 1 heterocycles. The number of benzene rings is 1. The lowest BCUT2D eigenvalue weighted by molar-refractivity contribution is -0.141. The van der Waals surface area contributed by atoms with Gasteiger partial charge in [0.25, 0.3) is 5.91 Å². The van der Waals surface area contributed by atoms with Crippen LogP contribution in [0, 0.1) is 0 Å². The van der Waals surface area contributed by atoms with E-state index in [4.69, 9.17) is 4.74 Å². The van der Waals surface area contributed by atoms with Crippen LogP contribution in [0.15, 0.2) is 41.8 Å². The third kappa shape index (κ3) is 6.15. The number of hydrogen-bond donors (Lipinski definition) is 1. The minimum absolute atomic E-state index is 0.264. The molecule has 1 amide bonds. The number of ketones is 1. The average Bonchev–Trinajstić information content (AvgIpc) is 3.17. The number of nitrogens with one attached hydrogen (secondary N) is 1. The summed E-state index contributed by atoms with van der Waals surface area (Å²) in [4.78, 5) is 35.9. The van der Waals surface area contributed by atoms with Crippen LogP contribution >= 0.6 is 11.3 Å². The highest BCUT2D eigenvalue weighted by atomic mass is 32.1. The van der Waals surface area contributed by atoms with Crippen molar-refractivity contribution < 1.29 is 19.1 Å². The van der Waals surface area contributed by atoms with E-state index in [0.29, 0.717) is 10.4 Å². The lowest BCUT2D eigenvalue weighted by Gasteiger charge is -2.06.